The normalized spacial score (nSPS) is 15.2. The summed E-state index contributed by atoms with van der Waals surface area (Å²) in [6, 6.07) is 8.65. The van der Waals surface area contributed by atoms with E-state index in [1.54, 1.807) is 0 Å². The van der Waals surface area contributed by atoms with E-state index < -0.39 is 0 Å². The van der Waals surface area contributed by atoms with Crippen LogP contribution in [0.3, 0.4) is 0 Å². The van der Waals surface area contributed by atoms with Crippen molar-refractivity contribution in [1.82, 2.24) is 14.9 Å². The number of benzene rings is 1. The molecule has 1 fully saturated rings. The molecule has 0 spiro atoms. The number of imidazole rings is 1. The first kappa shape index (κ1) is 15.1. The largest absolute Gasteiger partial charge is 0.370 e. The fourth-order valence-electron chi connectivity index (χ4n) is 2.16. The molecule has 3 rings (SSSR count). The number of nitrogens with zero attached hydrogens (tertiary/aromatic N) is 3. The number of para-hydroxylation sites is 2. The minimum absolute atomic E-state index is 0. The summed E-state index contributed by atoms with van der Waals surface area (Å²) < 4.78 is 0. The molecule has 1 aliphatic carbocycles. The van der Waals surface area contributed by atoms with Gasteiger partial charge in [0.25, 0.3) is 0 Å². The van der Waals surface area contributed by atoms with Gasteiger partial charge in [0.15, 0.2) is 5.96 Å². The topological polar surface area (TPSA) is 70.3 Å². The molecule has 1 aliphatic rings. The van der Waals surface area contributed by atoms with Gasteiger partial charge in [0.1, 0.15) is 5.82 Å². The zero-order valence-electron chi connectivity index (χ0n) is 11.5. The molecular formula is C14H20IN5. The first-order valence-electron chi connectivity index (χ1n) is 6.70. The molecule has 1 saturated carbocycles. The van der Waals surface area contributed by atoms with Crippen molar-refractivity contribution in [3.8, 4) is 0 Å². The summed E-state index contributed by atoms with van der Waals surface area (Å²) >= 11 is 0. The highest BCUT2D eigenvalue weighted by atomic mass is 127. The van der Waals surface area contributed by atoms with Crippen LogP contribution in [0.15, 0.2) is 29.3 Å². The van der Waals surface area contributed by atoms with Crippen LogP contribution in [0.4, 0.5) is 0 Å². The lowest BCUT2D eigenvalue weighted by Gasteiger charge is -2.16. The second kappa shape index (κ2) is 6.43. The van der Waals surface area contributed by atoms with E-state index in [-0.39, 0.29) is 24.0 Å². The summed E-state index contributed by atoms with van der Waals surface area (Å²) in [7, 11) is 2.01. The number of aromatic amines is 1. The predicted octanol–water partition coefficient (Wildman–Crippen LogP) is 2.13. The summed E-state index contributed by atoms with van der Waals surface area (Å²) in [5, 5.41) is 0. The molecule has 0 saturated heterocycles. The number of hydrogen-bond donors (Lipinski definition) is 2. The van der Waals surface area contributed by atoms with Crippen molar-refractivity contribution in [2.75, 3.05) is 13.6 Å². The Labute approximate surface area is 135 Å². The van der Waals surface area contributed by atoms with Crippen LogP contribution in [0.5, 0.6) is 0 Å². The maximum atomic E-state index is 5.94. The quantitative estimate of drug-likeness (QED) is 0.481. The average Bonchev–Trinajstić information content (AvgIpc) is 3.17. The summed E-state index contributed by atoms with van der Waals surface area (Å²) in [5.41, 5.74) is 8.02. The van der Waals surface area contributed by atoms with Gasteiger partial charge in [0, 0.05) is 26.1 Å². The Morgan fingerprint density at radius 2 is 2.20 bits per heavy atom. The highest BCUT2D eigenvalue weighted by Gasteiger charge is 2.27. The molecule has 0 bridgehead atoms. The van der Waals surface area contributed by atoms with E-state index in [9.17, 15) is 0 Å². The number of fused-ring (bicyclic) bond motifs is 1. The number of nitrogens with one attached hydrogen (secondary N) is 1. The fraction of sp³-hybridized carbons (Fsp3) is 0.429. The van der Waals surface area contributed by atoms with Gasteiger partial charge in [0.05, 0.1) is 11.0 Å². The van der Waals surface area contributed by atoms with Crippen molar-refractivity contribution < 1.29 is 0 Å². The first-order chi connectivity index (χ1) is 9.24. The highest BCUT2D eigenvalue weighted by molar-refractivity contribution is 14.0. The molecular weight excluding hydrogens is 365 g/mol. The lowest BCUT2D eigenvalue weighted by Crippen LogP contribution is -2.35. The van der Waals surface area contributed by atoms with Crippen LogP contribution in [-0.2, 0) is 6.42 Å². The third kappa shape index (κ3) is 3.41. The molecule has 2 aromatic rings. The van der Waals surface area contributed by atoms with Gasteiger partial charge in [-0.05, 0) is 25.0 Å². The highest BCUT2D eigenvalue weighted by Crippen LogP contribution is 2.24. The second-order valence-electron chi connectivity index (χ2n) is 5.03. The Balaban J connectivity index is 0.00000147. The number of guanidine groups is 1. The lowest BCUT2D eigenvalue weighted by molar-refractivity contribution is 0.487. The van der Waals surface area contributed by atoms with E-state index in [1.165, 1.54) is 12.8 Å². The molecule has 0 radical (unpaired) electrons. The standard InChI is InChI=1S/C14H19N5.HI/c1-19(10-6-7-10)14(15)16-9-8-13-17-11-4-2-3-5-12(11)18-13;/h2-5,10H,6-9H2,1H3,(H2,15,16)(H,17,18);1H. The van der Waals surface area contributed by atoms with E-state index in [0.717, 1.165) is 23.3 Å². The van der Waals surface area contributed by atoms with Crippen molar-refractivity contribution in [3.05, 3.63) is 30.1 Å². The third-order valence-corrected chi connectivity index (χ3v) is 3.52. The first-order valence-corrected chi connectivity index (χ1v) is 6.70. The van der Waals surface area contributed by atoms with Crippen LogP contribution in [0.25, 0.3) is 11.0 Å². The Hall–Kier alpha value is -1.31. The van der Waals surface area contributed by atoms with Crippen molar-refractivity contribution >= 4 is 41.0 Å². The monoisotopic (exact) mass is 385 g/mol. The fourth-order valence-corrected chi connectivity index (χ4v) is 2.16. The van der Waals surface area contributed by atoms with Crippen molar-refractivity contribution in [3.63, 3.8) is 0 Å². The predicted molar refractivity (Wildman–Crippen MR) is 92.5 cm³/mol. The molecule has 5 nitrogen and oxygen atoms in total. The van der Waals surface area contributed by atoms with Crippen molar-refractivity contribution in [2.45, 2.75) is 25.3 Å². The molecule has 20 heavy (non-hydrogen) atoms. The van der Waals surface area contributed by atoms with Gasteiger partial charge in [-0.25, -0.2) is 4.98 Å². The SMILES string of the molecule is CN(C(N)=NCCc1nc2ccccc2[nH]1)C1CC1.I. The van der Waals surface area contributed by atoms with E-state index in [2.05, 4.69) is 19.9 Å². The Morgan fingerprint density at radius 1 is 1.45 bits per heavy atom. The Morgan fingerprint density at radius 3 is 2.90 bits per heavy atom. The van der Waals surface area contributed by atoms with Crippen LogP contribution >= 0.6 is 24.0 Å². The van der Waals surface area contributed by atoms with Crippen LogP contribution in [0.2, 0.25) is 0 Å². The minimum Gasteiger partial charge on any atom is -0.370 e. The van der Waals surface area contributed by atoms with E-state index in [1.807, 2.05) is 31.3 Å². The number of nitrogens with two attached hydrogens (primary N) is 1. The second-order valence-corrected chi connectivity index (χ2v) is 5.03. The third-order valence-electron chi connectivity index (χ3n) is 3.52. The van der Waals surface area contributed by atoms with E-state index in [4.69, 9.17) is 5.73 Å². The van der Waals surface area contributed by atoms with Crippen molar-refractivity contribution in [1.29, 1.82) is 0 Å². The summed E-state index contributed by atoms with van der Waals surface area (Å²) in [6.45, 7) is 0.669. The van der Waals surface area contributed by atoms with Crippen LogP contribution in [0.1, 0.15) is 18.7 Å². The zero-order valence-corrected chi connectivity index (χ0v) is 13.9. The molecule has 0 aliphatic heterocycles. The maximum Gasteiger partial charge on any atom is 0.191 e. The minimum atomic E-state index is 0. The average molecular weight is 385 g/mol. The number of aromatic nitrogens is 2. The van der Waals surface area contributed by atoms with Crippen LogP contribution < -0.4 is 5.73 Å². The Bertz CT molecular complexity index is 569. The molecule has 0 amide bonds. The molecule has 0 atom stereocenters. The van der Waals surface area contributed by atoms with E-state index in [0.29, 0.717) is 18.5 Å². The van der Waals surface area contributed by atoms with Crippen LogP contribution in [0, 0.1) is 0 Å². The Kier molecular flexibility index (Phi) is 4.85. The number of hydrogen-bond acceptors (Lipinski definition) is 2. The molecule has 1 aromatic carbocycles. The van der Waals surface area contributed by atoms with E-state index >= 15 is 0 Å². The summed E-state index contributed by atoms with van der Waals surface area (Å²) in [4.78, 5) is 14.3. The van der Waals surface area contributed by atoms with Gasteiger partial charge < -0.3 is 15.6 Å². The molecule has 3 N–H and O–H groups in total. The lowest BCUT2D eigenvalue weighted by atomic mass is 10.3. The molecule has 108 valence electrons. The molecule has 1 heterocycles. The number of aliphatic imine (C=N–C) groups is 1. The zero-order chi connectivity index (χ0) is 13.2. The van der Waals surface area contributed by atoms with Gasteiger partial charge in [0.2, 0.25) is 0 Å². The number of halogens is 1. The molecule has 1 aromatic heterocycles. The van der Waals surface area contributed by atoms with Crippen molar-refractivity contribution in [2.24, 2.45) is 10.7 Å². The summed E-state index contributed by atoms with van der Waals surface area (Å²) in [5.74, 6) is 1.60. The van der Waals surface area contributed by atoms with Crippen LogP contribution in [-0.4, -0.2) is 40.5 Å². The number of H-pyrrole nitrogens is 1. The van der Waals surface area contributed by atoms with Gasteiger partial charge in [-0.2, -0.15) is 0 Å². The van der Waals surface area contributed by atoms with Gasteiger partial charge in [-0.3, -0.25) is 4.99 Å². The number of rotatable bonds is 4. The van der Waals surface area contributed by atoms with Gasteiger partial charge >= 0.3 is 0 Å². The summed E-state index contributed by atoms with van der Waals surface area (Å²) in [6.07, 6.45) is 3.25. The smallest absolute Gasteiger partial charge is 0.191 e. The van der Waals surface area contributed by atoms with Gasteiger partial charge in [-0.1, -0.05) is 12.1 Å². The van der Waals surface area contributed by atoms with Gasteiger partial charge in [-0.15, -0.1) is 24.0 Å². The molecule has 6 heteroatoms. The molecule has 0 unspecified atom stereocenters. The maximum absolute atomic E-state index is 5.94.